The Labute approximate surface area is 138 Å². The van der Waals surface area contributed by atoms with Crippen molar-refractivity contribution in [3.63, 3.8) is 0 Å². The lowest BCUT2D eigenvalue weighted by molar-refractivity contribution is 0.0837. The molecule has 2 atom stereocenters. The Morgan fingerprint density at radius 1 is 1.17 bits per heavy atom. The number of benzene rings is 1. The van der Waals surface area contributed by atoms with E-state index in [4.69, 9.17) is 0 Å². The van der Waals surface area contributed by atoms with Crippen LogP contribution in [0.15, 0.2) is 24.3 Å². The van der Waals surface area contributed by atoms with Crippen molar-refractivity contribution in [2.24, 2.45) is 5.92 Å². The Kier molecular flexibility index (Phi) is 5.44. The van der Waals surface area contributed by atoms with Crippen LogP contribution in [0.4, 0.5) is 4.39 Å². The van der Waals surface area contributed by atoms with E-state index in [1.807, 2.05) is 0 Å². The van der Waals surface area contributed by atoms with Crippen molar-refractivity contribution >= 4 is 5.78 Å². The Morgan fingerprint density at radius 3 is 2.48 bits per heavy atom. The number of rotatable bonds is 5. The number of halogens is 1. The number of nitrogens with one attached hydrogen (secondary N) is 1. The van der Waals surface area contributed by atoms with Crippen LogP contribution in [0.5, 0.6) is 0 Å². The summed E-state index contributed by atoms with van der Waals surface area (Å²) in [6.07, 6.45) is 5.63. The standard InChI is InChI=1S/C19H27FN2O/c1-14-2-7-18(21-14)10-13-22-11-8-16(9-12-22)19(23)15-3-5-17(20)6-4-15/h3-6,14,16,18,21H,2,7-13H2,1H3/t14-,18-/m0/s1. The molecule has 0 aliphatic carbocycles. The van der Waals surface area contributed by atoms with Gasteiger partial charge in [-0.25, -0.2) is 4.39 Å². The van der Waals surface area contributed by atoms with Gasteiger partial charge in [-0.3, -0.25) is 4.79 Å². The van der Waals surface area contributed by atoms with Crippen molar-refractivity contribution in [2.45, 2.75) is 51.1 Å². The summed E-state index contributed by atoms with van der Waals surface area (Å²) in [5.41, 5.74) is 0.647. The molecule has 2 saturated heterocycles. The summed E-state index contributed by atoms with van der Waals surface area (Å²) < 4.78 is 13.0. The van der Waals surface area contributed by atoms with Crippen LogP contribution in [0.1, 0.15) is 49.4 Å². The van der Waals surface area contributed by atoms with Gasteiger partial charge < -0.3 is 10.2 Å². The molecule has 23 heavy (non-hydrogen) atoms. The van der Waals surface area contributed by atoms with Crippen LogP contribution in [0.3, 0.4) is 0 Å². The zero-order valence-corrected chi connectivity index (χ0v) is 13.9. The normalized spacial score (nSPS) is 26.5. The smallest absolute Gasteiger partial charge is 0.166 e. The van der Waals surface area contributed by atoms with Gasteiger partial charge in [0.2, 0.25) is 0 Å². The van der Waals surface area contributed by atoms with Crippen molar-refractivity contribution in [2.75, 3.05) is 19.6 Å². The summed E-state index contributed by atoms with van der Waals surface area (Å²) in [4.78, 5) is 15.0. The van der Waals surface area contributed by atoms with Gasteiger partial charge in [0.1, 0.15) is 5.82 Å². The second-order valence-corrected chi connectivity index (χ2v) is 7.12. The number of Topliss-reactive ketones (excluding diaryl/α,β-unsaturated/α-hetero) is 1. The third kappa shape index (κ3) is 4.39. The van der Waals surface area contributed by atoms with Crippen LogP contribution in [0.2, 0.25) is 0 Å². The molecule has 0 saturated carbocycles. The molecule has 2 heterocycles. The van der Waals surface area contributed by atoms with Crippen LogP contribution >= 0.6 is 0 Å². The average Bonchev–Trinajstić information content (AvgIpc) is 2.99. The molecule has 0 spiro atoms. The highest BCUT2D eigenvalue weighted by Gasteiger charge is 2.27. The van der Waals surface area contributed by atoms with Crippen molar-refractivity contribution < 1.29 is 9.18 Å². The second-order valence-electron chi connectivity index (χ2n) is 7.12. The molecule has 0 radical (unpaired) electrons. The van der Waals surface area contributed by atoms with E-state index in [0.29, 0.717) is 17.6 Å². The molecule has 4 heteroatoms. The number of hydrogen-bond donors (Lipinski definition) is 1. The van der Waals surface area contributed by atoms with E-state index in [9.17, 15) is 9.18 Å². The number of carbonyl (C=O) groups is 1. The molecular weight excluding hydrogens is 291 g/mol. The fourth-order valence-corrected chi connectivity index (χ4v) is 3.85. The molecule has 3 rings (SSSR count). The molecule has 2 fully saturated rings. The van der Waals surface area contributed by atoms with Crippen LogP contribution in [0.25, 0.3) is 0 Å². The Balaban J connectivity index is 1.43. The number of hydrogen-bond acceptors (Lipinski definition) is 3. The van der Waals surface area contributed by atoms with Gasteiger partial charge in [0.05, 0.1) is 0 Å². The SMILES string of the molecule is C[C@H]1CC[C@@H](CCN2CCC(C(=O)c3ccc(F)cc3)CC2)N1. The molecule has 0 bridgehead atoms. The van der Waals surface area contributed by atoms with Gasteiger partial charge >= 0.3 is 0 Å². The molecule has 2 aliphatic rings. The van der Waals surface area contributed by atoms with E-state index in [2.05, 4.69) is 17.1 Å². The molecule has 3 nitrogen and oxygen atoms in total. The molecule has 0 amide bonds. The Bertz CT molecular complexity index is 523. The molecule has 126 valence electrons. The first-order chi connectivity index (χ1) is 11.1. The van der Waals surface area contributed by atoms with Crippen molar-refractivity contribution in [3.8, 4) is 0 Å². The monoisotopic (exact) mass is 318 g/mol. The predicted molar refractivity (Wildman–Crippen MR) is 90.1 cm³/mol. The number of carbonyl (C=O) groups excluding carboxylic acids is 1. The number of ketones is 1. The lowest BCUT2D eigenvalue weighted by Gasteiger charge is -2.32. The largest absolute Gasteiger partial charge is 0.311 e. The minimum Gasteiger partial charge on any atom is -0.311 e. The van der Waals surface area contributed by atoms with E-state index >= 15 is 0 Å². The van der Waals surface area contributed by atoms with Gasteiger partial charge in [0.15, 0.2) is 5.78 Å². The lowest BCUT2D eigenvalue weighted by Crippen LogP contribution is -2.39. The van der Waals surface area contributed by atoms with Crippen LogP contribution in [-0.2, 0) is 0 Å². The number of likely N-dealkylation sites (tertiary alicyclic amines) is 1. The second kappa shape index (κ2) is 7.54. The third-order valence-corrected chi connectivity index (χ3v) is 5.35. The number of piperidine rings is 1. The van der Waals surface area contributed by atoms with E-state index in [1.54, 1.807) is 12.1 Å². The van der Waals surface area contributed by atoms with Crippen molar-refractivity contribution in [1.82, 2.24) is 10.2 Å². The predicted octanol–water partition coefficient (Wildman–Crippen LogP) is 3.25. The van der Waals surface area contributed by atoms with E-state index in [0.717, 1.165) is 32.5 Å². The maximum Gasteiger partial charge on any atom is 0.166 e. The first-order valence-corrected chi connectivity index (χ1v) is 8.90. The van der Waals surface area contributed by atoms with Gasteiger partial charge in [-0.05, 0) is 82.9 Å². The van der Waals surface area contributed by atoms with Gasteiger partial charge in [-0.1, -0.05) is 0 Å². The Hall–Kier alpha value is -1.26. The van der Waals surface area contributed by atoms with Crippen molar-refractivity contribution in [1.29, 1.82) is 0 Å². The quantitative estimate of drug-likeness (QED) is 0.846. The molecule has 1 aromatic rings. The van der Waals surface area contributed by atoms with E-state index in [1.165, 1.54) is 31.4 Å². The first-order valence-electron chi connectivity index (χ1n) is 8.90. The minimum atomic E-state index is -0.286. The van der Waals surface area contributed by atoms with Gasteiger partial charge in [0, 0.05) is 23.6 Å². The van der Waals surface area contributed by atoms with Crippen LogP contribution in [-0.4, -0.2) is 42.4 Å². The molecular formula is C19H27FN2O. The molecule has 0 unspecified atom stereocenters. The first kappa shape index (κ1) is 16.6. The summed E-state index contributed by atoms with van der Waals surface area (Å²) in [5.74, 6) is -0.0107. The minimum absolute atomic E-state index is 0.0985. The number of nitrogens with zero attached hydrogens (tertiary/aromatic N) is 1. The van der Waals surface area contributed by atoms with E-state index < -0.39 is 0 Å². The summed E-state index contributed by atoms with van der Waals surface area (Å²) in [7, 11) is 0. The fraction of sp³-hybridized carbons (Fsp3) is 0.632. The maximum absolute atomic E-state index is 13.0. The zero-order valence-electron chi connectivity index (χ0n) is 13.9. The molecule has 1 N–H and O–H groups in total. The average molecular weight is 318 g/mol. The van der Waals surface area contributed by atoms with E-state index in [-0.39, 0.29) is 17.5 Å². The topological polar surface area (TPSA) is 32.3 Å². The summed E-state index contributed by atoms with van der Waals surface area (Å²) in [5, 5.41) is 3.64. The lowest BCUT2D eigenvalue weighted by atomic mass is 9.89. The highest BCUT2D eigenvalue weighted by atomic mass is 19.1. The molecule has 1 aromatic carbocycles. The van der Waals surface area contributed by atoms with Crippen LogP contribution in [0, 0.1) is 11.7 Å². The highest BCUT2D eigenvalue weighted by molar-refractivity contribution is 5.97. The van der Waals surface area contributed by atoms with Gasteiger partial charge in [0.25, 0.3) is 0 Å². The fourth-order valence-electron chi connectivity index (χ4n) is 3.85. The molecule has 0 aromatic heterocycles. The summed E-state index contributed by atoms with van der Waals surface area (Å²) >= 11 is 0. The van der Waals surface area contributed by atoms with Gasteiger partial charge in [-0.15, -0.1) is 0 Å². The maximum atomic E-state index is 13.0. The highest BCUT2D eigenvalue weighted by Crippen LogP contribution is 2.23. The Morgan fingerprint density at radius 2 is 1.87 bits per heavy atom. The summed E-state index contributed by atoms with van der Waals surface area (Å²) in [6, 6.07) is 7.30. The molecule has 2 aliphatic heterocycles. The van der Waals surface area contributed by atoms with Gasteiger partial charge in [-0.2, -0.15) is 0 Å². The zero-order chi connectivity index (χ0) is 16.2. The van der Waals surface area contributed by atoms with Crippen molar-refractivity contribution in [3.05, 3.63) is 35.6 Å². The van der Waals surface area contributed by atoms with Crippen LogP contribution < -0.4 is 5.32 Å². The summed E-state index contributed by atoms with van der Waals surface area (Å²) in [6.45, 7) is 5.38. The third-order valence-electron chi connectivity index (χ3n) is 5.35.